The highest BCUT2D eigenvalue weighted by Crippen LogP contribution is 2.44. The van der Waals surface area contributed by atoms with E-state index in [2.05, 4.69) is 59.7 Å². The second kappa shape index (κ2) is 9.23. The minimum atomic E-state index is -0.897. The van der Waals surface area contributed by atoms with Crippen molar-refractivity contribution in [2.45, 2.75) is 72.6 Å². The van der Waals surface area contributed by atoms with Crippen molar-refractivity contribution in [1.29, 1.82) is 0 Å². The maximum absolute atomic E-state index is 12.9. The molecule has 166 valence electrons. The van der Waals surface area contributed by atoms with Crippen LogP contribution in [0.4, 0.5) is 0 Å². The lowest BCUT2D eigenvalue weighted by Crippen LogP contribution is -2.42. The van der Waals surface area contributed by atoms with E-state index >= 15 is 0 Å². The largest absolute Gasteiger partial charge is 0.496 e. The number of allylic oxidation sites excluding steroid dienone is 1. The van der Waals surface area contributed by atoms with Crippen LogP contribution in [0.2, 0.25) is 0 Å². The summed E-state index contributed by atoms with van der Waals surface area (Å²) in [5.41, 5.74) is 3.18. The Morgan fingerprint density at radius 3 is 2.50 bits per heavy atom. The summed E-state index contributed by atoms with van der Waals surface area (Å²) in [6.45, 7) is 13.2. The zero-order chi connectivity index (χ0) is 22.7. The van der Waals surface area contributed by atoms with E-state index in [1.54, 1.807) is 12.0 Å². The molecule has 0 aliphatic carbocycles. The summed E-state index contributed by atoms with van der Waals surface area (Å²) in [6, 6.07) is 6.33. The number of aliphatic carboxylic acids is 1. The molecule has 30 heavy (non-hydrogen) atoms. The molecular weight excluding hydrogens is 378 g/mol. The van der Waals surface area contributed by atoms with Crippen LogP contribution in [0, 0.1) is 11.3 Å². The van der Waals surface area contributed by atoms with Crippen molar-refractivity contribution in [3.05, 3.63) is 41.1 Å². The third kappa shape index (κ3) is 5.65. The number of hydrogen-bond donors (Lipinski definition) is 1. The number of nitrogens with zero attached hydrogens (tertiary/aromatic N) is 1. The fraction of sp³-hybridized carbons (Fsp3) is 0.600. The van der Waals surface area contributed by atoms with Gasteiger partial charge in [0.15, 0.2) is 0 Å². The van der Waals surface area contributed by atoms with Crippen LogP contribution in [0.3, 0.4) is 0 Å². The zero-order valence-corrected chi connectivity index (χ0v) is 19.5. The molecule has 1 aromatic rings. The Morgan fingerprint density at radius 2 is 1.97 bits per heavy atom. The van der Waals surface area contributed by atoms with Gasteiger partial charge in [-0.3, -0.25) is 9.59 Å². The van der Waals surface area contributed by atoms with Gasteiger partial charge in [-0.05, 0) is 46.9 Å². The van der Waals surface area contributed by atoms with Crippen LogP contribution in [-0.2, 0) is 21.4 Å². The molecule has 1 heterocycles. The van der Waals surface area contributed by atoms with Gasteiger partial charge in [0.2, 0.25) is 5.91 Å². The van der Waals surface area contributed by atoms with Gasteiger partial charge >= 0.3 is 5.97 Å². The first kappa shape index (κ1) is 24.0. The number of aryl methyl sites for hydroxylation is 1. The van der Waals surface area contributed by atoms with E-state index in [1.807, 2.05) is 6.20 Å². The number of benzene rings is 1. The maximum Gasteiger partial charge on any atom is 0.305 e. The van der Waals surface area contributed by atoms with Crippen molar-refractivity contribution in [2.24, 2.45) is 11.3 Å². The predicted octanol–water partition coefficient (Wildman–Crippen LogP) is 5.18. The van der Waals surface area contributed by atoms with Crippen LogP contribution in [0.1, 0.15) is 71.9 Å². The molecule has 0 spiro atoms. The molecule has 1 N–H and O–H groups in total. The first-order chi connectivity index (χ1) is 13.9. The van der Waals surface area contributed by atoms with E-state index in [9.17, 15) is 9.59 Å². The lowest BCUT2D eigenvalue weighted by molar-refractivity contribution is -0.138. The van der Waals surface area contributed by atoms with E-state index in [4.69, 9.17) is 9.84 Å². The molecule has 0 aromatic heterocycles. The smallest absolute Gasteiger partial charge is 0.305 e. The molecule has 0 saturated carbocycles. The van der Waals surface area contributed by atoms with Gasteiger partial charge in [-0.25, -0.2) is 0 Å². The van der Waals surface area contributed by atoms with Crippen molar-refractivity contribution >= 4 is 11.9 Å². The van der Waals surface area contributed by atoms with Gasteiger partial charge in [-0.15, -0.1) is 0 Å². The minimum absolute atomic E-state index is 0.0427. The highest BCUT2D eigenvalue weighted by molar-refractivity contribution is 5.82. The summed E-state index contributed by atoms with van der Waals surface area (Å²) in [4.78, 5) is 25.4. The van der Waals surface area contributed by atoms with Crippen LogP contribution in [0.25, 0.3) is 0 Å². The highest BCUT2D eigenvalue weighted by atomic mass is 16.5. The number of amides is 1. The standard InChI is InChI=1S/C25H37NO4/c1-17(2)20-16-26(13-11-23(28)29)22(27)15-25(20,6)19-9-8-18(21(14-19)30-7)10-12-24(3,4)5/h8-9,14,16-17H,10-13,15H2,1-7H3,(H,28,29)/t25-/m0/s1. The second-order valence-corrected chi connectivity index (χ2v) is 10.1. The number of rotatable bonds is 8. The molecule has 1 aliphatic rings. The third-order valence-corrected chi connectivity index (χ3v) is 6.01. The number of hydrogen-bond acceptors (Lipinski definition) is 3. The first-order valence-corrected chi connectivity index (χ1v) is 10.8. The molecule has 0 fully saturated rings. The Morgan fingerprint density at radius 1 is 1.30 bits per heavy atom. The number of ether oxygens (including phenoxy) is 1. The first-order valence-electron chi connectivity index (χ1n) is 10.8. The van der Waals surface area contributed by atoms with E-state index in [-0.39, 0.29) is 30.2 Å². The Labute approximate surface area is 181 Å². The highest BCUT2D eigenvalue weighted by Gasteiger charge is 2.40. The summed E-state index contributed by atoms with van der Waals surface area (Å²) >= 11 is 0. The number of carbonyl (C=O) groups excluding carboxylic acids is 1. The second-order valence-electron chi connectivity index (χ2n) is 10.1. The molecule has 0 bridgehead atoms. The van der Waals surface area contributed by atoms with Gasteiger partial charge in [0.25, 0.3) is 0 Å². The van der Waals surface area contributed by atoms with Gasteiger partial charge in [0.05, 0.1) is 13.5 Å². The molecule has 2 rings (SSSR count). The Kier molecular flexibility index (Phi) is 7.38. The topological polar surface area (TPSA) is 66.8 Å². The van der Waals surface area contributed by atoms with Crippen LogP contribution in [-0.4, -0.2) is 35.5 Å². The van der Waals surface area contributed by atoms with Gasteiger partial charge in [-0.1, -0.05) is 53.7 Å². The number of methoxy groups -OCH3 is 1. The van der Waals surface area contributed by atoms with Crippen LogP contribution in [0.5, 0.6) is 5.75 Å². The lowest BCUT2D eigenvalue weighted by Gasteiger charge is -2.41. The molecule has 0 radical (unpaired) electrons. The van der Waals surface area contributed by atoms with E-state index in [1.165, 1.54) is 5.56 Å². The Balaban J connectivity index is 2.41. The minimum Gasteiger partial charge on any atom is -0.496 e. The maximum atomic E-state index is 12.9. The van der Waals surface area contributed by atoms with Crippen molar-refractivity contribution in [1.82, 2.24) is 4.90 Å². The number of carboxylic acid groups (broad SMARTS) is 1. The molecular formula is C25H37NO4. The summed E-state index contributed by atoms with van der Waals surface area (Å²) in [5, 5.41) is 8.99. The fourth-order valence-corrected chi connectivity index (χ4v) is 4.15. The van der Waals surface area contributed by atoms with E-state index < -0.39 is 11.4 Å². The molecule has 0 unspecified atom stereocenters. The number of carbonyl (C=O) groups is 2. The van der Waals surface area contributed by atoms with Gasteiger partial charge in [-0.2, -0.15) is 0 Å². The van der Waals surface area contributed by atoms with Crippen LogP contribution < -0.4 is 4.74 Å². The summed E-state index contributed by atoms with van der Waals surface area (Å²) in [6.07, 6.45) is 4.15. The Bertz CT molecular complexity index is 819. The summed E-state index contributed by atoms with van der Waals surface area (Å²) in [7, 11) is 1.70. The zero-order valence-electron chi connectivity index (χ0n) is 19.5. The molecule has 1 amide bonds. The van der Waals surface area contributed by atoms with Crippen LogP contribution in [0.15, 0.2) is 30.0 Å². The average Bonchev–Trinajstić information content (AvgIpc) is 2.64. The van der Waals surface area contributed by atoms with Gasteiger partial charge in [0.1, 0.15) is 5.75 Å². The van der Waals surface area contributed by atoms with Gasteiger partial charge < -0.3 is 14.7 Å². The molecule has 5 nitrogen and oxygen atoms in total. The molecule has 1 atom stereocenters. The monoisotopic (exact) mass is 415 g/mol. The third-order valence-electron chi connectivity index (χ3n) is 6.01. The van der Waals surface area contributed by atoms with Crippen molar-refractivity contribution in [3.8, 4) is 5.75 Å². The molecule has 1 aromatic carbocycles. The normalized spacial score (nSPS) is 19.8. The van der Waals surface area contributed by atoms with Crippen molar-refractivity contribution in [3.63, 3.8) is 0 Å². The molecule has 0 saturated heterocycles. The predicted molar refractivity (Wildman–Crippen MR) is 120 cm³/mol. The summed E-state index contributed by atoms with van der Waals surface area (Å²) < 4.78 is 5.72. The lowest BCUT2D eigenvalue weighted by atomic mass is 9.68. The molecule has 1 aliphatic heterocycles. The van der Waals surface area contributed by atoms with E-state index in [0.29, 0.717) is 6.42 Å². The van der Waals surface area contributed by atoms with Crippen molar-refractivity contribution < 1.29 is 19.4 Å². The van der Waals surface area contributed by atoms with Crippen molar-refractivity contribution in [2.75, 3.05) is 13.7 Å². The Hall–Kier alpha value is -2.30. The van der Waals surface area contributed by atoms with Gasteiger partial charge in [0, 0.05) is 24.6 Å². The summed E-state index contributed by atoms with van der Waals surface area (Å²) in [5.74, 6) is 0.147. The SMILES string of the molecule is COc1cc([C@]2(C)CC(=O)N(CCC(=O)O)C=C2C(C)C)ccc1CCC(C)(C)C. The van der Waals surface area contributed by atoms with Crippen LogP contribution >= 0.6 is 0 Å². The molecule has 5 heteroatoms. The fourth-order valence-electron chi connectivity index (χ4n) is 4.15. The average molecular weight is 416 g/mol. The number of carboxylic acids is 1. The van der Waals surface area contributed by atoms with E-state index in [0.717, 1.165) is 29.7 Å². The quantitative estimate of drug-likeness (QED) is 0.635.